The first-order valence-electron chi connectivity index (χ1n) is 8.23. The average molecular weight is 368 g/mol. The number of nitrogens with zero attached hydrogens (tertiary/aromatic N) is 1. The molecule has 1 saturated heterocycles. The predicted octanol–water partition coefficient (Wildman–Crippen LogP) is 2.79. The van der Waals surface area contributed by atoms with E-state index in [1.54, 1.807) is 23.1 Å². The van der Waals surface area contributed by atoms with Crippen LogP contribution in [0, 0.1) is 0 Å². The number of anilines is 1. The van der Waals surface area contributed by atoms with E-state index in [4.69, 9.17) is 22.1 Å². The fraction of sp³-hybridized carbons (Fsp3) is 0.556. The molecule has 2 rings (SSSR count). The van der Waals surface area contributed by atoms with Gasteiger partial charge in [0, 0.05) is 22.1 Å². The van der Waals surface area contributed by atoms with E-state index in [1.807, 2.05) is 27.7 Å². The number of likely N-dealkylation sites (tertiary alicyclic amines) is 1. The minimum Gasteiger partial charge on any atom is -0.495 e. The number of piperidine rings is 1. The zero-order chi connectivity index (χ0) is 19.0. The molecule has 0 saturated carbocycles. The van der Waals surface area contributed by atoms with E-state index in [0.717, 1.165) is 0 Å². The summed E-state index contributed by atoms with van der Waals surface area (Å²) in [5, 5.41) is 3.05. The van der Waals surface area contributed by atoms with Crippen molar-refractivity contribution in [2.75, 3.05) is 12.4 Å². The lowest BCUT2D eigenvalue weighted by atomic mass is 9.77. The number of hydrogen-bond donors (Lipinski definition) is 2. The molecule has 1 fully saturated rings. The molecule has 0 aromatic heterocycles. The predicted molar refractivity (Wildman–Crippen MR) is 98.8 cm³/mol. The van der Waals surface area contributed by atoms with Crippen molar-refractivity contribution in [1.29, 1.82) is 0 Å². The molecule has 0 bridgehead atoms. The van der Waals surface area contributed by atoms with Crippen molar-refractivity contribution < 1.29 is 14.3 Å². The summed E-state index contributed by atoms with van der Waals surface area (Å²) in [5.41, 5.74) is 5.45. The summed E-state index contributed by atoms with van der Waals surface area (Å²) < 4.78 is 5.21. The Balaban J connectivity index is 2.27. The molecule has 1 heterocycles. The first-order valence-corrected chi connectivity index (χ1v) is 8.60. The van der Waals surface area contributed by atoms with Gasteiger partial charge < -0.3 is 20.7 Å². The van der Waals surface area contributed by atoms with Crippen molar-refractivity contribution in [3.8, 4) is 5.75 Å². The van der Waals surface area contributed by atoms with Crippen LogP contribution in [0.1, 0.15) is 40.5 Å². The lowest BCUT2D eigenvalue weighted by molar-refractivity contribution is -0.156. The van der Waals surface area contributed by atoms with Gasteiger partial charge in [0.1, 0.15) is 5.75 Å². The maximum absolute atomic E-state index is 12.9. The highest BCUT2D eigenvalue weighted by Crippen LogP contribution is 2.38. The summed E-state index contributed by atoms with van der Waals surface area (Å²) >= 11 is 5.98. The highest BCUT2D eigenvalue weighted by atomic mass is 35.5. The topological polar surface area (TPSA) is 84.7 Å². The molecule has 0 spiro atoms. The van der Waals surface area contributed by atoms with E-state index in [0.29, 0.717) is 29.3 Å². The summed E-state index contributed by atoms with van der Waals surface area (Å²) in [4.78, 5) is 27.2. The monoisotopic (exact) mass is 367 g/mol. The molecule has 1 aromatic carbocycles. The smallest absolute Gasteiger partial charge is 0.314 e. The lowest BCUT2D eigenvalue weighted by Gasteiger charge is -2.54. The van der Waals surface area contributed by atoms with Crippen LogP contribution in [0.3, 0.4) is 0 Å². The van der Waals surface area contributed by atoms with Gasteiger partial charge in [-0.2, -0.15) is 0 Å². The molecule has 3 N–H and O–H groups in total. The number of amides is 2. The van der Waals surface area contributed by atoms with Gasteiger partial charge in [-0.25, -0.2) is 0 Å². The average Bonchev–Trinajstić information content (AvgIpc) is 2.44. The summed E-state index contributed by atoms with van der Waals surface area (Å²) in [6, 6.07) is 4.82. The Morgan fingerprint density at radius 3 is 2.32 bits per heavy atom. The van der Waals surface area contributed by atoms with Gasteiger partial charge >= 0.3 is 11.8 Å². The molecule has 0 radical (unpaired) electrons. The second-order valence-corrected chi connectivity index (χ2v) is 8.17. The minimum atomic E-state index is -0.725. The second kappa shape index (κ2) is 6.84. The van der Waals surface area contributed by atoms with E-state index in [2.05, 4.69) is 5.32 Å². The molecule has 2 amide bonds. The zero-order valence-electron chi connectivity index (χ0n) is 15.4. The molecule has 0 aliphatic carbocycles. The van der Waals surface area contributed by atoms with Gasteiger partial charge in [0.05, 0.1) is 12.8 Å². The van der Waals surface area contributed by atoms with Crippen molar-refractivity contribution in [2.24, 2.45) is 5.73 Å². The third-order valence-corrected chi connectivity index (χ3v) is 4.78. The van der Waals surface area contributed by atoms with Gasteiger partial charge in [0.25, 0.3) is 0 Å². The maximum atomic E-state index is 12.9. The Labute approximate surface area is 153 Å². The number of methoxy groups -OCH3 is 1. The molecule has 6 nitrogen and oxygen atoms in total. The van der Waals surface area contributed by atoms with E-state index in [-0.39, 0.29) is 6.04 Å². The maximum Gasteiger partial charge on any atom is 0.314 e. The van der Waals surface area contributed by atoms with Crippen molar-refractivity contribution in [2.45, 2.75) is 57.7 Å². The van der Waals surface area contributed by atoms with E-state index in [9.17, 15) is 9.59 Å². The number of halogens is 1. The van der Waals surface area contributed by atoms with Gasteiger partial charge in [0.2, 0.25) is 0 Å². The van der Waals surface area contributed by atoms with Crippen LogP contribution in [0.5, 0.6) is 5.75 Å². The first kappa shape index (κ1) is 19.5. The van der Waals surface area contributed by atoms with Crippen LogP contribution in [-0.4, -0.2) is 40.9 Å². The van der Waals surface area contributed by atoms with Crippen LogP contribution in [0.25, 0.3) is 0 Å². The van der Waals surface area contributed by atoms with Gasteiger partial charge in [0.15, 0.2) is 0 Å². The van der Waals surface area contributed by atoms with Crippen molar-refractivity contribution in [3.05, 3.63) is 23.2 Å². The van der Waals surface area contributed by atoms with Crippen LogP contribution in [-0.2, 0) is 9.59 Å². The van der Waals surface area contributed by atoms with E-state index < -0.39 is 22.9 Å². The SMILES string of the molecule is COc1ccc(Cl)cc1NC(=O)C(=O)N1C(C)(C)CC(N)CC1(C)C. The summed E-state index contributed by atoms with van der Waals surface area (Å²) in [6.07, 6.45) is 1.27. The summed E-state index contributed by atoms with van der Waals surface area (Å²) in [5.74, 6) is -0.883. The zero-order valence-corrected chi connectivity index (χ0v) is 16.1. The Bertz CT molecular complexity index is 670. The van der Waals surface area contributed by atoms with Crippen molar-refractivity contribution >= 4 is 29.1 Å². The Hall–Kier alpha value is -1.79. The number of ether oxygens (including phenoxy) is 1. The molecule has 1 aromatic rings. The van der Waals surface area contributed by atoms with E-state index >= 15 is 0 Å². The fourth-order valence-electron chi connectivity index (χ4n) is 3.96. The molecular weight excluding hydrogens is 342 g/mol. The van der Waals surface area contributed by atoms with Crippen LogP contribution in [0.4, 0.5) is 5.69 Å². The molecule has 0 atom stereocenters. The Morgan fingerprint density at radius 2 is 1.80 bits per heavy atom. The van der Waals surface area contributed by atoms with Crippen molar-refractivity contribution in [3.63, 3.8) is 0 Å². The molecular formula is C18H26ClN3O3. The number of hydrogen-bond acceptors (Lipinski definition) is 4. The number of benzene rings is 1. The highest BCUT2D eigenvalue weighted by Gasteiger charge is 2.48. The molecule has 25 heavy (non-hydrogen) atoms. The fourth-order valence-corrected chi connectivity index (χ4v) is 4.13. The minimum absolute atomic E-state index is 0.00913. The number of nitrogens with two attached hydrogens (primary N) is 1. The molecule has 7 heteroatoms. The number of carbonyl (C=O) groups excluding carboxylic acids is 2. The van der Waals surface area contributed by atoms with Crippen LogP contribution in [0.2, 0.25) is 5.02 Å². The normalized spacial score (nSPS) is 19.4. The van der Waals surface area contributed by atoms with Crippen LogP contribution >= 0.6 is 11.6 Å². The van der Waals surface area contributed by atoms with Crippen molar-refractivity contribution in [1.82, 2.24) is 4.90 Å². The van der Waals surface area contributed by atoms with Crippen LogP contribution < -0.4 is 15.8 Å². The second-order valence-electron chi connectivity index (χ2n) is 7.73. The lowest BCUT2D eigenvalue weighted by Crippen LogP contribution is -2.66. The molecule has 1 aliphatic heterocycles. The van der Waals surface area contributed by atoms with Gasteiger partial charge in [-0.1, -0.05) is 11.6 Å². The number of nitrogens with one attached hydrogen (secondary N) is 1. The summed E-state index contributed by atoms with van der Waals surface area (Å²) in [7, 11) is 1.49. The largest absolute Gasteiger partial charge is 0.495 e. The quantitative estimate of drug-likeness (QED) is 0.787. The molecule has 0 unspecified atom stereocenters. The van der Waals surface area contributed by atoms with Gasteiger partial charge in [-0.05, 0) is 58.7 Å². The van der Waals surface area contributed by atoms with E-state index in [1.165, 1.54) is 7.11 Å². The van der Waals surface area contributed by atoms with Gasteiger partial charge in [-0.15, -0.1) is 0 Å². The number of carbonyl (C=O) groups is 2. The first-order chi connectivity index (χ1) is 11.5. The summed E-state index contributed by atoms with van der Waals surface area (Å²) in [6.45, 7) is 7.72. The highest BCUT2D eigenvalue weighted by molar-refractivity contribution is 6.40. The Morgan fingerprint density at radius 1 is 1.24 bits per heavy atom. The third-order valence-electron chi connectivity index (χ3n) is 4.54. The standard InChI is InChI=1S/C18H26ClN3O3/c1-17(2)9-12(20)10-18(3,4)22(17)16(24)15(23)21-13-8-11(19)6-7-14(13)25-5/h6-8,12H,9-10,20H2,1-5H3,(H,21,23). The molecule has 138 valence electrons. The van der Waals surface area contributed by atoms with Gasteiger partial charge in [-0.3, -0.25) is 9.59 Å². The molecule has 1 aliphatic rings. The Kier molecular flexibility index (Phi) is 5.35. The number of rotatable bonds is 2. The van der Waals surface area contributed by atoms with Crippen LogP contribution in [0.15, 0.2) is 18.2 Å². The third kappa shape index (κ3) is 4.07.